The van der Waals surface area contributed by atoms with Crippen LogP contribution in [0.15, 0.2) is 0 Å². The van der Waals surface area contributed by atoms with Gasteiger partial charge in [0.1, 0.15) is 5.78 Å². The summed E-state index contributed by atoms with van der Waals surface area (Å²) in [6, 6.07) is 0.147. The topological polar surface area (TPSA) is 104 Å². The third-order valence-electron chi connectivity index (χ3n) is 4.95. The molecular weight excluding hydrogens is 370 g/mol. The maximum atomic E-state index is 12.0. The number of hydrogen-bond acceptors (Lipinski definition) is 4. The fourth-order valence-electron chi connectivity index (χ4n) is 3.31. The molecule has 1 saturated carbocycles. The highest BCUT2D eigenvalue weighted by Gasteiger charge is 2.25. The summed E-state index contributed by atoms with van der Waals surface area (Å²) in [4.78, 5) is 46.9. The van der Waals surface area contributed by atoms with Crippen LogP contribution < -0.4 is 16.0 Å². The van der Waals surface area contributed by atoms with Crippen molar-refractivity contribution in [2.45, 2.75) is 97.9 Å². The Morgan fingerprint density at radius 2 is 1.31 bits per heavy atom. The van der Waals surface area contributed by atoms with E-state index in [-0.39, 0.29) is 42.5 Å². The van der Waals surface area contributed by atoms with E-state index in [2.05, 4.69) is 16.0 Å². The number of Topliss-reactive ketones (excluding diaryl/α,β-unsaturated/α-hetero) is 1. The van der Waals surface area contributed by atoms with Gasteiger partial charge in [-0.3, -0.25) is 19.2 Å². The van der Waals surface area contributed by atoms with E-state index in [1.165, 1.54) is 0 Å². The van der Waals surface area contributed by atoms with Gasteiger partial charge in [-0.05, 0) is 38.5 Å². The van der Waals surface area contributed by atoms with Crippen molar-refractivity contribution in [1.29, 1.82) is 0 Å². The van der Waals surface area contributed by atoms with Gasteiger partial charge in [0.05, 0.1) is 0 Å². The average Bonchev–Trinajstić information content (AvgIpc) is 2.73. The van der Waals surface area contributed by atoms with Crippen molar-refractivity contribution in [1.82, 2.24) is 16.0 Å². The maximum absolute atomic E-state index is 12.0. The van der Waals surface area contributed by atoms with Gasteiger partial charge in [-0.2, -0.15) is 0 Å². The molecule has 3 amide bonds. The molecule has 1 fully saturated rings. The molecule has 168 valence electrons. The van der Waals surface area contributed by atoms with Gasteiger partial charge in [0.15, 0.2) is 0 Å². The maximum Gasteiger partial charge on any atom is 0.221 e. The van der Waals surface area contributed by atoms with Gasteiger partial charge in [0, 0.05) is 50.7 Å². The summed E-state index contributed by atoms with van der Waals surface area (Å²) in [5, 5.41) is 8.47. The molecule has 3 N–H and O–H groups in total. The lowest BCUT2D eigenvalue weighted by Gasteiger charge is -2.28. The first-order valence-electron chi connectivity index (χ1n) is 11.3. The molecule has 0 aromatic carbocycles. The Morgan fingerprint density at radius 3 is 1.90 bits per heavy atom. The Morgan fingerprint density at radius 1 is 0.759 bits per heavy atom. The number of carbonyl (C=O) groups is 4. The molecule has 1 aliphatic rings. The molecule has 0 unspecified atom stereocenters. The van der Waals surface area contributed by atoms with Gasteiger partial charge in [-0.1, -0.05) is 27.7 Å². The van der Waals surface area contributed by atoms with E-state index < -0.39 is 0 Å². The van der Waals surface area contributed by atoms with Crippen LogP contribution in [-0.4, -0.2) is 42.6 Å². The first-order chi connectivity index (χ1) is 14.0. The van der Waals surface area contributed by atoms with Gasteiger partial charge >= 0.3 is 0 Å². The second-order valence-corrected chi connectivity index (χ2v) is 7.24. The number of nitrogens with one attached hydrogen (secondary N) is 3. The van der Waals surface area contributed by atoms with Crippen molar-refractivity contribution >= 4 is 23.5 Å². The minimum Gasteiger partial charge on any atom is -0.356 e. The lowest BCUT2D eigenvalue weighted by Crippen LogP contribution is -2.38. The molecule has 29 heavy (non-hydrogen) atoms. The van der Waals surface area contributed by atoms with Crippen molar-refractivity contribution in [3.05, 3.63) is 0 Å². The molecule has 0 saturated heterocycles. The highest BCUT2D eigenvalue weighted by Crippen LogP contribution is 2.25. The van der Waals surface area contributed by atoms with Crippen LogP contribution in [0.25, 0.3) is 0 Å². The van der Waals surface area contributed by atoms with Crippen LogP contribution >= 0.6 is 0 Å². The zero-order chi connectivity index (χ0) is 22.1. The summed E-state index contributed by atoms with van der Waals surface area (Å²) < 4.78 is 0. The van der Waals surface area contributed by atoms with Gasteiger partial charge < -0.3 is 16.0 Å². The minimum atomic E-state index is -0.135. The summed E-state index contributed by atoms with van der Waals surface area (Å²) in [5.74, 6) is 0.258. The number of amides is 3. The molecule has 7 nitrogen and oxygen atoms in total. The van der Waals surface area contributed by atoms with E-state index in [0.717, 1.165) is 32.1 Å². The molecule has 0 aliphatic heterocycles. The zero-order valence-electron chi connectivity index (χ0n) is 18.8. The highest BCUT2D eigenvalue weighted by atomic mass is 16.2. The number of hydrogen-bond donors (Lipinski definition) is 3. The number of carbonyl (C=O) groups excluding carboxylic acids is 4. The predicted octanol–water partition coefficient (Wildman–Crippen LogP) is 2.87. The van der Waals surface area contributed by atoms with Gasteiger partial charge in [0.25, 0.3) is 0 Å². The van der Waals surface area contributed by atoms with Crippen LogP contribution in [0.2, 0.25) is 0 Å². The summed E-state index contributed by atoms with van der Waals surface area (Å²) in [6.07, 6.45) is 6.24. The van der Waals surface area contributed by atoms with Crippen LogP contribution in [0.1, 0.15) is 91.9 Å². The molecular formula is C22H41N3O4. The Labute approximate surface area is 176 Å². The number of rotatable bonds is 12. The Balaban J connectivity index is 0.00000379. The molecule has 0 spiro atoms. The second kappa shape index (κ2) is 17.0. The van der Waals surface area contributed by atoms with Crippen LogP contribution in [0.5, 0.6) is 0 Å². The first kappa shape index (κ1) is 27.1. The molecule has 1 rings (SSSR count). The summed E-state index contributed by atoms with van der Waals surface area (Å²) >= 11 is 0. The SMILES string of the molecule is CC.CCCNC(=O)CCNC(=O)CCCC(=O)NC1CCC(C(=O)CC)CC1. The highest BCUT2D eigenvalue weighted by molar-refractivity contribution is 5.81. The predicted molar refractivity (Wildman–Crippen MR) is 115 cm³/mol. The van der Waals surface area contributed by atoms with Crippen molar-refractivity contribution in [2.75, 3.05) is 13.1 Å². The smallest absolute Gasteiger partial charge is 0.221 e. The fraction of sp³-hybridized carbons (Fsp3) is 0.818. The molecule has 1 aliphatic carbocycles. The fourth-order valence-corrected chi connectivity index (χ4v) is 3.31. The standard InChI is InChI=1S/C20H35N3O4.C2H6/c1-3-13-21-19(26)12-14-22-18(25)6-5-7-20(27)23-16-10-8-15(9-11-16)17(24)4-2;1-2/h15-16H,3-14H2,1-2H3,(H,21,26)(H,22,25)(H,23,27);1-2H3. The molecule has 0 aromatic rings. The minimum absolute atomic E-state index is 0.0352. The lowest BCUT2D eigenvalue weighted by molar-refractivity contribution is -0.124. The quantitative estimate of drug-likeness (QED) is 0.459. The second-order valence-electron chi connectivity index (χ2n) is 7.24. The third-order valence-corrected chi connectivity index (χ3v) is 4.95. The van der Waals surface area contributed by atoms with Gasteiger partial charge in [0.2, 0.25) is 17.7 Å². The van der Waals surface area contributed by atoms with Crippen molar-refractivity contribution in [2.24, 2.45) is 5.92 Å². The molecule has 0 radical (unpaired) electrons. The van der Waals surface area contributed by atoms with Gasteiger partial charge in [-0.25, -0.2) is 0 Å². The number of ketones is 1. The van der Waals surface area contributed by atoms with E-state index in [0.29, 0.717) is 38.1 Å². The Hall–Kier alpha value is -1.92. The van der Waals surface area contributed by atoms with Crippen LogP contribution in [0, 0.1) is 5.92 Å². The molecule has 7 heteroatoms. The molecule has 0 heterocycles. The van der Waals surface area contributed by atoms with Crippen LogP contribution in [0.4, 0.5) is 0 Å². The van der Waals surface area contributed by atoms with Crippen molar-refractivity contribution in [3.63, 3.8) is 0 Å². The van der Waals surface area contributed by atoms with E-state index >= 15 is 0 Å². The summed E-state index contributed by atoms with van der Waals surface area (Å²) in [5.41, 5.74) is 0. The first-order valence-corrected chi connectivity index (χ1v) is 11.3. The average molecular weight is 412 g/mol. The van der Waals surface area contributed by atoms with Crippen molar-refractivity contribution < 1.29 is 19.2 Å². The molecule has 0 bridgehead atoms. The van der Waals surface area contributed by atoms with Crippen LogP contribution in [0.3, 0.4) is 0 Å². The lowest BCUT2D eigenvalue weighted by atomic mass is 9.83. The largest absolute Gasteiger partial charge is 0.356 e. The summed E-state index contributed by atoms with van der Waals surface area (Å²) in [6.45, 7) is 8.85. The summed E-state index contributed by atoms with van der Waals surface area (Å²) in [7, 11) is 0. The van der Waals surface area contributed by atoms with Crippen LogP contribution in [-0.2, 0) is 19.2 Å². The zero-order valence-corrected chi connectivity index (χ0v) is 18.8. The van der Waals surface area contributed by atoms with E-state index in [9.17, 15) is 19.2 Å². The Bertz CT molecular complexity index is 500. The third kappa shape index (κ3) is 13.0. The van der Waals surface area contributed by atoms with Crippen molar-refractivity contribution in [3.8, 4) is 0 Å². The van der Waals surface area contributed by atoms with E-state index in [4.69, 9.17) is 0 Å². The molecule has 0 atom stereocenters. The monoisotopic (exact) mass is 411 g/mol. The Kier molecular flexibility index (Phi) is 15.9. The van der Waals surface area contributed by atoms with Gasteiger partial charge in [-0.15, -0.1) is 0 Å². The molecule has 0 aromatic heterocycles. The van der Waals surface area contributed by atoms with E-state index in [1.54, 1.807) is 0 Å². The van der Waals surface area contributed by atoms with E-state index in [1.807, 2.05) is 27.7 Å². The normalized spacial score (nSPS) is 18.1.